The van der Waals surface area contributed by atoms with Crippen molar-refractivity contribution in [2.24, 2.45) is 5.73 Å². The monoisotopic (exact) mass is 217 g/mol. The summed E-state index contributed by atoms with van der Waals surface area (Å²) in [6.07, 6.45) is 0. The Morgan fingerprint density at radius 2 is 2.21 bits per heavy atom. The summed E-state index contributed by atoms with van der Waals surface area (Å²) in [6.45, 7) is 3.93. The van der Waals surface area contributed by atoms with Crippen molar-refractivity contribution >= 4 is 11.6 Å². The van der Waals surface area contributed by atoms with Crippen LogP contribution in [0.3, 0.4) is 0 Å². The zero-order valence-electron chi connectivity index (χ0n) is 8.18. The molecule has 1 aromatic rings. The van der Waals surface area contributed by atoms with Crippen molar-refractivity contribution in [3.8, 4) is 5.75 Å². The molecule has 1 rings (SSSR count). The second kappa shape index (κ2) is 4.62. The largest absolute Gasteiger partial charge is 0.489 e. The van der Waals surface area contributed by atoms with Crippen molar-refractivity contribution < 1.29 is 9.13 Å². The van der Waals surface area contributed by atoms with E-state index >= 15 is 0 Å². The molecule has 0 bridgehead atoms. The maximum Gasteiger partial charge on any atom is 0.173 e. The minimum absolute atomic E-state index is 0.0959. The lowest BCUT2D eigenvalue weighted by Crippen LogP contribution is -2.06. The summed E-state index contributed by atoms with van der Waals surface area (Å²) >= 11 is 5.84. The third-order valence-corrected chi connectivity index (χ3v) is 2.12. The van der Waals surface area contributed by atoms with Crippen molar-refractivity contribution in [2.45, 2.75) is 19.9 Å². The number of rotatable bonds is 3. The fourth-order valence-electron chi connectivity index (χ4n) is 1.12. The highest BCUT2D eigenvalue weighted by Crippen LogP contribution is 2.30. The Bertz CT molecular complexity index is 305. The molecule has 0 aromatic heterocycles. The van der Waals surface area contributed by atoms with Gasteiger partial charge in [-0.1, -0.05) is 11.6 Å². The van der Waals surface area contributed by atoms with Crippen LogP contribution in [0.15, 0.2) is 12.1 Å². The van der Waals surface area contributed by atoms with Gasteiger partial charge in [-0.25, -0.2) is 4.39 Å². The summed E-state index contributed by atoms with van der Waals surface area (Å²) in [4.78, 5) is 0. The van der Waals surface area contributed by atoms with Gasteiger partial charge in [0, 0.05) is 6.04 Å². The van der Waals surface area contributed by atoms with Gasteiger partial charge in [0.1, 0.15) is 0 Å². The maximum atomic E-state index is 13.4. The molecule has 0 radical (unpaired) electrons. The van der Waals surface area contributed by atoms with Gasteiger partial charge in [-0.15, -0.1) is 0 Å². The molecular formula is C10H13ClFNO. The number of benzene rings is 1. The Hall–Kier alpha value is -0.800. The molecular weight excluding hydrogens is 205 g/mol. The normalized spacial score (nSPS) is 12.6. The zero-order chi connectivity index (χ0) is 10.7. The predicted octanol–water partition coefficient (Wildman–Crippen LogP) is 2.90. The van der Waals surface area contributed by atoms with Crippen LogP contribution in [0.2, 0.25) is 5.02 Å². The lowest BCUT2D eigenvalue weighted by Gasteiger charge is -2.11. The molecule has 2 N–H and O–H groups in total. The molecule has 0 aliphatic rings. The van der Waals surface area contributed by atoms with E-state index in [4.69, 9.17) is 22.1 Å². The molecule has 0 aliphatic carbocycles. The third-order valence-electron chi connectivity index (χ3n) is 1.84. The Labute approximate surface area is 87.8 Å². The highest BCUT2D eigenvalue weighted by molar-refractivity contribution is 6.32. The first-order chi connectivity index (χ1) is 6.56. The van der Waals surface area contributed by atoms with Gasteiger partial charge in [0.2, 0.25) is 0 Å². The standard InChI is InChI=1S/C10H13ClFNO/c1-3-14-10-8(11)4-7(6(2)13)5-9(10)12/h4-6H,3,13H2,1-2H3/t6-/m0/s1. The van der Waals surface area contributed by atoms with Crippen molar-refractivity contribution in [3.05, 3.63) is 28.5 Å². The molecule has 2 nitrogen and oxygen atoms in total. The van der Waals surface area contributed by atoms with E-state index in [1.54, 1.807) is 19.9 Å². The van der Waals surface area contributed by atoms with Crippen LogP contribution < -0.4 is 10.5 Å². The molecule has 14 heavy (non-hydrogen) atoms. The van der Waals surface area contributed by atoms with Crippen LogP contribution in [0, 0.1) is 5.82 Å². The number of hydrogen-bond donors (Lipinski definition) is 1. The molecule has 1 atom stereocenters. The van der Waals surface area contributed by atoms with Gasteiger partial charge >= 0.3 is 0 Å². The Balaban J connectivity index is 3.11. The third kappa shape index (κ3) is 2.36. The number of halogens is 2. The fourth-order valence-corrected chi connectivity index (χ4v) is 1.40. The average Bonchev–Trinajstić information content (AvgIpc) is 2.10. The van der Waals surface area contributed by atoms with E-state index in [1.807, 2.05) is 0 Å². The van der Waals surface area contributed by atoms with Gasteiger partial charge in [-0.2, -0.15) is 0 Å². The van der Waals surface area contributed by atoms with Gasteiger partial charge in [0.25, 0.3) is 0 Å². The van der Waals surface area contributed by atoms with E-state index in [2.05, 4.69) is 0 Å². The molecule has 0 fully saturated rings. The first-order valence-corrected chi connectivity index (χ1v) is 4.81. The van der Waals surface area contributed by atoms with Crippen LogP contribution >= 0.6 is 11.6 Å². The smallest absolute Gasteiger partial charge is 0.173 e. The molecule has 0 unspecified atom stereocenters. The van der Waals surface area contributed by atoms with E-state index in [0.29, 0.717) is 12.2 Å². The van der Waals surface area contributed by atoms with Crippen LogP contribution in [0.25, 0.3) is 0 Å². The molecule has 4 heteroatoms. The van der Waals surface area contributed by atoms with E-state index in [1.165, 1.54) is 6.07 Å². The summed E-state index contributed by atoms with van der Waals surface area (Å²) in [5.74, 6) is -0.370. The van der Waals surface area contributed by atoms with Crippen molar-refractivity contribution in [2.75, 3.05) is 6.61 Å². The van der Waals surface area contributed by atoms with Crippen LogP contribution in [-0.4, -0.2) is 6.61 Å². The van der Waals surface area contributed by atoms with E-state index in [0.717, 1.165) is 0 Å². The molecule has 0 amide bonds. The average molecular weight is 218 g/mol. The molecule has 1 aromatic carbocycles. The number of hydrogen-bond acceptors (Lipinski definition) is 2. The van der Waals surface area contributed by atoms with E-state index < -0.39 is 5.82 Å². The van der Waals surface area contributed by atoms with E-state index in [9.17, 15) is 4.39 Å². The Morgan fingerprint density at radius 1 is 1.57 bits per heavy atom. The molecule has 0 saturated carbocycles. The SMILES string of the molecule is CCOc1c(F)cc([C@H](C)N)cc1Cl. The fraction of sp³-hybridized carbons (Fsp3) is 0.400. The van der Waals surface area contributed by atoms with E-state index in [-0.39, 0.29) is 16.8 Å². The number of nitrogens with two attached hydrogens (primary N) is 1. The first kappa shape index (κ1) is 11.3. The van der Waals surface area contributed by atoms with Gasteiger partial charge in [-0.3, -0.25) is 0 Å². The lowest BCUT2D eigenvalue weighted by atomic mass is 10.1. The zero-order valence-corrected chi connectivity index (χ0v) is 8.94. The molecule has 0 spiro atoms. The highest BCUT2D eigenvalue weighted by atomic mass is 35.5. The molecule has 0 aliphatic heterocycles. The minimum atomic E-state index is -0.466. The van der Waals surface area contributed by atoms with Crippen LogP contribution in [0.1, 0.15) is 25.5 Å². The van der Waals surface area contributed by atoms with Gasteiger partial charge in [0.05, 0.1) is 11.6 Å². The van der Waals surface area contributed by atoms with Gasteiger partial charge in [0.15, 0.2) is 11.6 Å². The molecule has 0 saturated heterocycles. The summed E-state index contributed by atoms with van der Waals surface area (Å²) in [5, 5.41) is 0.263. The lowest BCUT2D eigenvalue weighted by molar-refractivity contribution is 0.321. The molecule has 78 valence electrons. The predicted molar refractivity (Wildman–Crippen MR) is 55.2 cm³/mol. The molecule has 0 heterocycles. The summed E-state index contributed by atoms with van der Waals surface area (Å²) in [6, 6.07) is 2.74. The van der Waals surface area contributed by atoms with Gasteiger partial charge < -0.3 is 10.5 Å². The maximum absolute atomic E-state index is 13.4. The Morgan fingerprint density at radius 3 is 2.64 bits per heavy atom. The summed E-state index contributed by atoms with van der Waals surface area (Å²) in [5.41, 5.74) is 6.27. The summed E-state index contributed by atoms with van der Waals surface area (Å²) < 4.78 is 18.4. The highest BCUT2D eigenvalue weighted by Gasteiger charge is 2.12. The second-order valence-corrected chi connectivity index (χ2v) is 3.44. The summed E-state index contributed by atoms with van der Waals surface area (Å²) in [7, 11) is 0. The number of ether oxygens (including phenoxy) is 1. The van der Waals surface area contributed by atoms with Crippen molar-refractivity contribution in [1.82, 2.24) is 0 Å². The second-order valence-electron chi connectivity index (χ2n) is 3.04. The Kier molecular flexibility index (Phi) is 3.72. The minimum Gasteiger partial charge on any atom is -0.489 e. The van der Waals surface area contributed by atoms with Crippen LogP contribution in [-0.2, 0) is 0 Å². The topological polar surface area (TPSA) is 35.2 Å². The van der Waals surface area contributed by atoms with Crippen molar-refractivity contribution in [3.63, 3.8) is 0 Å². The van der Waals surface area contributed by atoms with Crippen molar-refractivity contribution in [1.29, 1.82) is 0 Å². The van der Waals surface area contributed by atoms with Crippen LogP contribution in [0.4, 0.5) is 4.39 Å². The van der Waals surface area contributed by atoms with Crippen LogP contribution in [0.5, 0.6) is 5.75 Å². The first-order valence-electron chi connectivity index (χ1n) is 4.43. The quantitative estimate of drug-likeness (QED) is 0.845. The van der Waals surface area contributed by atoms with Gasteiger partial charge in [-0.05, 0) is 31.5 Å².